The first-order chi connectivity index (χ1) is 10.2. The van der Waals surface area contributed by atoms with Gasteiger partial charge >= 0.3 is 6.18 Å². The molecule has 1 unspecified atom stereocenters. The van der Waals surface area contributed by atoms with Gasteiger partial charge in [-0.25, -0.2) is 0 Å². The summed E-state index contributed by atoms with van der Waals surface area (Å²) in [5.74, 6) is -0.177. The number of alkyl halides is 3. The van der Waals surface area contributed by atoms with Gasteiger partial charge in [0.1, 0.15) is 0 Å². The van der Waals surface area contributed by atoms with Gasteiger partial charge in [0.15, 0.2) is 0 Å². The fraction of sp³-hybridized carbons (Fsp3) is 0.438. The minimum atomic E-state index is -4.41. The first-order valence-corrected chi connectivity index (χ1v) is 7.03. The van der Waals surface area contributed by atoms with Gasteiger partial charge in [-0.05, 0) is 49.5 Å². The number of rotatable bonds is 5. The number of nitrogens with one attached hydrogen (secondary N) is 1. The number of carbonyl (C=O) groups excluding carboxylic acids is 1. The van der Waals surface area contributed by atoms with E-state index in [1.807, 2.05) is 0 Å². The Labute approximate surface area is 126 Å². The molecule has 120 valence electrons. The molecule has 0 bridgehead atoms. The summed E-state index contributed by atoms with van der Waals surface area (Å²) in [6.07, 6.45) is 0.0119. The summed E-state index contributed by atoms with van der Waals surface area (Å²) in [7, 11) is 0. The predicted octanol–water partition coefficient (Wildman–Crippen LogP) is 3.00. The van der Waals surface area contributed by atoms with Crippen LogP contribution in [0.2, 0.25) is 0 Å². The van der Waals surface area contributed by atoms with Gasteiger partial charge < -0.3 is 10.4 Å². The fourth-order valence-corrected chi connectivity index (χ4v) is 2.30. The van der Waals surface area contributed by atoms with Crippen LogP contribution in [-0.4, -0.2) is 23.2 Å². The van der Waals surface area contributed by atoms with Gasteiger partial charge in [0.2, 0.25) is 5.91 Å². The van der Waals surface area contributed by atoms with Gasteiger partial charge in [-0.3, -0.25) is 4.79 Å². The second kappa shape index (κ2) is 6.12. The minimum Gasteiger partial charge on any atom is -0.394 e. The average molecular weight is 313 g/mol. The van der Waals surface area contributed by atoms with Gasteiger partial charge in [-0.15, -0.1) is 0 Å². The molecular formula is C16H18F3NO2. The van der Waals surface area contributed by atoms with Crippen molar-refractivity contribution >= 4 is 12.0 Å². The normalized spacial score (nSPS) is 18.2. The first kappa shape index (κ1) is 16.5. The highest BCUT2D eigenvalue weighted by Crippen LogP contribution is 2.39. The molecule has 1 atom stereocenters. The van der Waals surface area contributed by atoms with E-state index in [1.165, 1.54) is 24.3 Å². The molecule has 0 aliphatic heterocycles. The molecule has 1 aromatic carbocycles. The van der Waals surface area contributed by atoms with Crippen LogP contribution in [0.5, 0.6) is 0 Å². The number of halogens is 3. The predicted molar refractivity (Wildman–Crippen MR) is 76.8 cm³/mol. The van der Waals surface area contributed by atoms with E-state index in [1.54, 1.807) is 6.92 Å². The Balaban J connectivity index is 2.03. The Bertz CT molecular complexity index is 579. The number of aliphatic hydroxyl groups excluding tert-OH is 1. The third kappa shape index (κ3) is 4.10. The molecule has 0 radical (unpaired) electrons. The Morgan fingerprint density at radius 1 is 1.41 bits per heavy atom. The molecular weight excluding hydrogens is 295 g/mol. The standard InChI is InChI=1S/C16H18F3NO2/c1-15(10-21,12-6-7-12)20-14(22)8-5-11-3-2-4-13(9-11)16(17,18)19/h2-5,8-9,12,21H,6-7,10H2,1H3,(H,20,22)/b8-5+. The van der Waals surface area contributed by atoms with E-state index in [4.69, 9.17) is 0 Å². The van der Waals surface area contributed by atoms with Crippen LogP contribution in [0.4, 0.5) is 13.2 Å². The lowest BCUT2D eigenvalue weighted by atomic mass is 9.97. The maximum atomic E-state index is 12.6. The third-order valence-corrected chi connectivity index (χ3v) is 3.86. The van der Waals surface area contributed by atoms with Crippen LogP contribution in [0, 0.1) is 5.92 Å². The van der Waals surface area contributed by atoms with E-state index >= 15 is 0 Å². The van der Waals surface area contributed by atoms with Gasteiger partial charge in [-0.1, -0.05) is 12.1 Å². The molecule has 1 aliphatic rings. The van der Waals surface area contributed by atoms with E-state index in [0.717, 1.165) is 25.0 Å². The zero-order valence-corrected chi connectivity index (χ0v) is 12.2. The van der Waals surface area contributed by atoms with Crippen molar-refractivity contribution in [2.75, 3.05) is 6.61 Å². The molecule has 2 N–H and O–H groups in total. The monoisotopic (exact) mass is 313 g/mol. The summed E-state index contributed by atoms with van der Waals surface area (Å²) in [5.41, 5.74) is -1.13. The summed E-state index contributed by atoms with van der Waals surface area (Å²) >= 11 is 0. The van der Waals surface area contributed by atoms with Crippen LogP contribution in [0.25, 0.3) is 6.08 Å². The van der Waals surface area contributed by atoms with Crippen LogP contribution >= 0.6 is 0 Å². The zero-order valence-electron chi connectivity index (χ0n) is 12.2. The number of benzene rings is 1. The highest BCUT2D eigenvalue weighted by atomic mass is 19.4. The van der Waals surface area contributed by atoms with E-state index in [9.17, 15) is 23.1 Å². The summed E-state index contributed by atoms with van der Waals surface area (Å²) in [4.78, 5) is 11.9. The van der Waals surface area contributed by atoms with Gasteiger partial charge in [0.25, 0.3) is 0 Å². The van der Waals surface area contributed by atoms with Gasteiger partial charge in [0.05, 0.1) is 17.7 Å². The lowest BCUT2D eigenvalue weighted by molar-refractivity contribution is -0.137. The van der Waals surface area contributed by atoms with Crippen molar-refractivity contribution in [3.05, 3.63) is 41.5 Å². The lowest BCUT2D eigenvalue weighted by Gasteiger charge is -2.28. The molecule has 1 amide bonds. The lowest BCUT2D eigenvalue weighted by Crippen LogP contribution is -2.50. The molecule has 22 heavy (non-hydrogen) atoms. The number of hydrogen-bond acceptors (Lipinski definition) is 2. The maximum Gasteiger partial charge on any atom is 0.416 e. The zero-order chi connectivity index (χ0) is 16.4. The van der Waals surface area contributed by atoms with Gasteiger partial charge in [0, 0.05) is 6.08 Å². The molecule has 1 aliphatic carbocycles. The topological polar surface area (TPSA) is 49.3 Å². The second-order valence-corrected chi connectivity index (χ2v) is 5.80. The SMILES string of the molecule is CC(CO)(NC(=O)/C=C/c1cccc(C(F)(F)F)c1)C1CC1. The number of amides is 1. The molecule has 0 heterocycles. The molecule has 6 heteroatoms. The molecule has 1 aromatic rings. The first-order valence-electron chi connectivity index (χ1n) is 7.03. The minimum absolute atomic E-state index is 0.166. The van der Waals surface area contributed by atoms with Crippen LogP contribution in [0.1, 0.15) is 30.9 Å². The summed E-state index contributed by atoms with van der Waals surface area (Å²) in [6.45, 7) is 1.60. The van der Waals surface area contributed by atoms with E-state index < -0.39 is 23.2 Å². The van der Waals surface area contributed by atoms with Crippen molar-refractivity contribution in [2.24, 2.45) is 5.92 Å². The number of aliphatic hydroxyl groups is 1. The Morgan fingerprint density at radius 2 is 2.09 bits per heavy atom. The van der Waals surface area contributed by atoms with Crippen LogP contribution in [0.3, 0.4) is 0 Å². The Kier molecular flexibility index (Phi) is 4.60. The van der Waals surface area contributed by atoms with Crippen molar-refractivity contribution in [2.45, 2.75) is 31.5 Å². The van der Waals surface area contributed by atoms with E-state index in [2.05, 4.69) is 5.32 Å². The molecule has 0 spiro atoms. The van der Waals surface area contributed by atoms with Crippen molar-refractivity contribution in [1.29, 1.82) is 0 Å². The highest BCUT2D eigenvalue weighted by molar-refractivity contribution is 5.92. The van der Waals surface area contributed by atoms with E-state index in [0.29, 0.717) is 5.56 Å². The van der Waals surface area contributed by atoms with E-state index in [-0.39, 0.29) is 12.5 Å². The molecule has 3 nitrogen and oxygen atoms in total. The van der Waals surface area contributed by atoms with Crippen molar-refractivity contribution in [1.82, 2.24) is 5.32 Å². The van der Waals surface area contributed by atoms with Crippen molar-refractivity contribution in [3.63, 3.8) is 0 Å². The van der Waals surface area contributed by atoms with Crippen molar-refractivity contribution < 1.29 is 23.1 Å². The smallest absolute Gasteiger partial charge is 0.394 e. The molecule has 0 saturated heterocycles. The van der Waals surface area contributed by atoms with Crippen molar-refractivity contribution in [3.8, 4) is 0 Å². The Morgan fingerprint density at radius 3 is 2.64 bits per heavy atom. The molecule has 1 fully saturated rings. The van der Waals surface area contributed by atoms with Crippen LogP contribution in [-0.2, 0) is 11.0 Å². The highest BCUT2D eigenvalue weighted by Gasteiger charge is 2.41. The quantitative estimate of drug-likeness (QED) is 0.821. The average Bonchev–Trinajstić information content (AvgIpc) is 3.29. The van der Waals surface area contributed by atoms with Crippen LogP contribution < -0.4 is 5.32 Å². The molecule has 2 rings (SSSR count). The second-order valence-electron chi connectivity index (χ2n) is 5.80. The van der Waals surface area contributed by atoms with Crippen LogP contribution in [0.15, 0.2) is 30.3 Å². The summed E-state index contributed by atoms with van der Waals surface area (Å²) in [5, 5.41) is 12.1. The number of hydrogen-bond donors (Lipinski definition) is 2. The summed E-state index contributed by atoms with van der Waals surface area (Å²) in [6, 6.07) is 4.75. The fourth-order valence-electron chi connectivity index (χ4n) is 2.30. The number of carbonyl (C=O) groups is 1. The molecule has 0 aromatic heterocycles. The molecule has 1 saturated carbocycles. The van der Waals surface area contributed by atoms with Gasteiger partial charge in [-0.2, -0.15) is 13.2 Å². The Hall–Kier alpha value is -1.82. The maximum absolute atomic E-state index is 12.6. The third-order valence-electron chi connectivity index (χ3n) is 3.86. The largest absolute Gasteiger partial charge is 0.416 e. The summed E-state index contributed by atoms with van der Waals surface area (Å²) < 4.78 is 37.8.